The van der Waals surface area contributed by atoms with Crippen LogP contribution in [0, 0.1) is 23.2 Å². The fourth-order valence-corrected chi connectivity index (χ4v) is 1.37. The number of rotatable bonds is 6. The van der Waals surface area contributed by atoms with E-state index in [9.17, 15) is 19.8 Å². The molecule has 0 aliphatic carbocycles. The number of aliphatic hydroxyl groups excluding tert-OH is 2. The Morgan fingerprint density at radius 2 is 1.52 bits per heavy atom. The van der Waals surface area contributed by atoms with Gasteiger partial charge in [-0.25, -0.2) is 0 Å². The molecule has 0 amide bonds. The number of hydrogen-bond acceptors (Lipinski definition) is 6. The Hall–Kier alpha value is -1.58. The van der Waals surface area contributed by atoms with Crippen LogP contribution in [-0.4, -0.2) is 47.1 Å². The number of ether oxygens (including phenoxy) is 2. The Bertz CT molecular complexity index is 449. The van der Waals surface area contributed by atoms with Crippen LogP contribution in [0.5, 0.6) is 0 Å². The molecule has 0 bridgehead atoms. The molecule has 23 heavy (non-hydrogen) atoms. The van der Waals surface area contributed by atoms with Gasteiger partial charge in [0.05, 0.1) is 10.8 Å². The second-order valence-corrected chi connectivity index (χ2v) is 7.53. The molecule has 0 spiro atoms. The molecule has 6 nitrogen and oxygen atoms in total. The summed E-state index contributed by atoms with van der Waals surface area (Å²) in [4.78, 5) is 23.7. The van der Waals surface area contributed by atoms with Crippen LogP contribution >= 0.6 is 0 Å². The molecule has 6 heteroatoms. The lowest BCUT2D eigenvalue weighted by Gasteiger charge is -2.28. The van der Waals surface area contributed by atoms with Gasteiger partial charge in [-0.1, -0.05) is 5.92 Å². The average Bonchev–Trinajstić information content (AvgIpc) is 2.40. The average molecular weight is 328 g/mol. The molecule has 2 N–H and O–H groups in total. The van der Waals surface area contributed by atoms with Crippen LogP contribution in [0.4, 0.5) is 0 Å². The summed E-state index contributed by atoms with van der Waals surface area (Å²) in [6.07, 6.45) is 1.43. The molecule has 0 saturated carbocycles. The third-order valence-electron chi connectivity index (χ3n) is 2.95. The van der Waals surface area contributed by atoms with Crippen molar-refractivity contribution in [3.63, 3.8) is 0 Å². The lowest BCUT2D eigenvalue weighted by Crippen LogP contribution is -2.41. The molecule has 132 valence electrons. The maximum atomic E-state index is 12.0. The van der Waals surface area contributed by atoms with Gasteiger partial charge in [0.25, 0.3) is 0 Å². The number of esters is 2. The molecule has 3 atom stereocenters. The Kier molecular flexibility index (Phi) is 7.75. The van der Waals surface area contributed by atoms with Crippen molar-refractivity contribution in [2.75, 3.05) is 6.61 Å². The molecule has 0 rings (SSSR count). The van der Waals surface area contributed by atoms with Crippen molar-refractivity contribution in [2.24, 2.45) is 10.8 Å². The smallest absolute Gasteiger partial charge is 0.311 e. The minimum absolute atomic E-state index is 0.146. The van der Waals surface area contributed by atoms with E-state index >= 15 is 0 Å². The van der Waals surface area contributed by atoms with Crippen LogP contribution in [0.1, 0.15) is 48.0 Å². The molecule has 0 heterocycles. The summed E-state index contributed by atoms with van der Waals surface area (Å²) in [7, 11) is 0. The van der Waals surface area contributed by atoms with E-state index in [2.05, 4.69) is 5.92 Å². The maximum absolute atomic E-state index is 12.0. The topological polar surface area (TPSA) is 93.1 Å². The van der Waals surface area contributed by atoms with Gasteiger partial charge in [0, 0.05) is 6.42 Å². The van der Waals surface area contributed by atoms with E-state index in [0.29, 0.717) is 0 Å². The zero-order chi connectivity index (χ0) is 18.4. The van der Waals surface area contributed by atoms with E-state index in [4.69, 9.17) is 15.9 Å². The lowest BCUT2D eigenvalue weighted by molar-refractivity contribution is -0.172. The molecule has 0 aliphatic heterocycles. The van der Waals surface area contributed by atoms with Gasteiger partial charge in [0.15, 0.2) is 0 Å². The van der Waals surface area contributed by atoms with Gasteiger partial charge >= 0.3 is 11.9 Å². The SMILES string of the molecule is C#CC(O)C[C@H](OC(=O)C(C)(C)C)[C@H](O)COC(=O)C(C)(C)C. The molecule has 0 aromatic rings. The highest BCUT2D eigenvalue weighted by Gasteiger charge is 2.32. The van der Waals surface area contributed by atoms with Gasteiger partial charge in [-0.3, -0.25) is 9.59 Å². The fourth-order valence-electron chi connectivity index (χ4n) is 1.37. The van der Waals surface area contributed by atoms with Gasteiger partial charge in [-0.15, -0.1) is 6.42 Å². The number of carbonyl (C=O) groups excluding carboxylic acids is 2. The summed E-state index contributed by atoms with van der Waals surface area (Å²) in [6.45, 7) is 9.68. The highest BCUT2D eigenvalue weighted by molar-refractivity contribution is 5.76. The monoisotopic (exact) mass is 328 g/mol. The lowest BCUT2D eigenvalue weighted by atomic mass is 9.96. The van der Waals surface area contributed by atoms with E-state index in [1.54, 1.807) is 41.5 Å². The minimum atomic E-state index is -1.28. The highest BCUT2D eigenvalue weighted by Crippen LogP contribution is 2.20. The number of hydrogen-bond donors (Lipinski definition) is 2. The quantitative estimate of drug-likeness (QED) is 0.563. The maximum Gasteiger partial charge on any atom is 0.311 e. The summed E-state index contributed by atoms with van der Waals surface area (Å²) < 4.78 is 10.2. The second kappa shape index (κ2) is 8.32. The van der Waals surface area contributed by atoms with Crippen molar-refractivity contribution >= 4 is 11.9 Å². The van der Waals surface area contributed by atoms with E-state index in [0.717, 1.165) is 0 Å². The van der Waals surface area contributed by atoms with Crippen molar-refractivity contribution in [3.05, 3.63) is 0 Å². The molecule has 0 aromatic heterocycles. The third-order valence-corrected chi connectivity index (χ3v) is 2.95. The Morgan fingerprint density at radius 3 is 1.91 bits per heavy atom. The van der Waals surface area contributed by atoms with E-state index in [1.807, 2.05) is 0 Å². The van der Waals surface area contributed by atoms with Crippen LogP contribution < -0.4 is 0 Å². The molecular formula is C17H28O6. The van der Waals surface area contributed by atoms with Crippen LogP contribution in [0.15, 0.2) is 0 Å². The normalized spacial score (nSPS) is 16.0. The summed E-state index contributed by atoms with van der Waals surface area (Å²) in [5, 5.41) is 19.7. The standard InChI is InChI=1S/C17H28O6/c1-8-11(18)9-13(23-15(21)17(5,6)7)12(19)10-22-14(20)16(2,3)4/h1,11-13,18-19H,9-10H2,2-7H3/t11?,12-,13+/m1/s1. The van der Waals surface area contributed by atoms with Crippen molar-refractivity contribution < 1.29 is 29.3 Å². The molecule has 0 aliphatic rings. The molecule has 0 saturated heterocycles. The first-order valence-electron chi connectivity index (χ1n) is 7.49. The number of aliphatic hydroxyl groups is 2. The Labute approximate surface area is 138 Å². The van der Waals surface area contributed by atoms with Crippen molar-refractivity contribution in [2.45, 2.75) is 66.3 Å². The summed E-state index contributed by atoms with van der Waals surface area (Å²) in [5.41, 5.74) is -1.49. The fraction of sp³-hybridized carbons (Fsp3) is 0.765. The van der Waals surface area contributed by atoms with Crippen molar-refractivity contribution in [1.82, 2.24) is 0 Å². The first-order valence-corrected chi connectivity index (χ1v) is 7.49. The minimum Gasteiger partial charge on any atom is -0.462 e. The molecule has 0 radical (unpaired) electrons. The summed E-state index contributed by atoms with van der Waals surface area (Å²) in [5.74, 6) is 1.06. The van der Waals surface area contributed by atoms with Gasteiger partial charge in [-0.05, 0) is 41.5 Å². The predicted molar refractivity (Wildman–Crippen MR) is 85.2 cm³/mol. The first-order chi connectivity index (χ1) is 10.3. The molecular weight excluding hydrogens is 300 g/mol. The Morgan fingerprint density at radius 1 is 1.04 bits per heavy atom. The molecule has 0 fully saturated rings. The molecule has 0 aromatic carbocycles. The zero-order valence-corrected chi connectivity index (χ0v) is 14.8. The third kappa shape index (κ3) is 8.00. The second-order valence-electron chi connectivity index (χ2n) is 7.53. The van der Waals surface area contributed by atoms with Gasteiger partial charge < -0.3 is 19.7 Å². The summed E-state index contributed by atoms with van der Waals surface area (Å²) in [6, 6.07) is 0. The summed E-state index contributed by atoms with van der Waals surface area (Å²) >= 11 is 0. The Balaban J connectivity index is 4.89. The van der Waals surface area contributed by atoms with Crippen molar-refractivity contribution in [1.29, 1.82) is 0 Å². The van der Waals surface area contributed by atoms with Crippen LogP contribution in [0.25, 0.3) is 0 Å². The highest BCUT2D eigenvalue weighted by atomic mass is 16.6. The largest absolute Gasteiger partial charge is 0.462 e. The van der Waals surface area contributed by atoms with Gasteiger partial charge in [0.2, 0.25) is 0 Å². The van der Waals surface area contributed by atoms with Crippen LogP contribution in [0.2, 0.25) is 0 Å². The van der Waals surface area contributed by atoms with E-state index in [1.165, 1.54) is 0 Å². The van der Waals surface area contributed by atoms with Gasteiger partial charge in [0.1, 0.15) is 24.9 Å². The van der Waals surface area contributed by atoms with Crippen LogP contribution in [-0.2, 0) is 19.1 Å². The number of carbonyl (C=O) groups is 2. The predicted octanol–water partition coefficient (Wildman–Crippen LogP) is 1.28. The molecule has 1 unspecified atom stereocenters. The van der Waals surface area contributed by atoms with E-state index < -0.39 is 41.1 Å². The van der Waals surface area contributed by atoms with Crippen molar-refractivity contribution in [3.8, 4) is 12.3 Å². The first kappa shape index (κ1) is 21.4. The zero-order valence-electron chi connectivity index (χ0n) is 14.8. The van der Waals surface area contributed by atoms with E-state index in [-0.39, 0.29) is 13.0 Å². The number of terminal acetylenes is 1. The van der Waals surface area contributed by atoms with Gasteiger partial charge in [-0.2, -0.15) is 0 Å². The van der Waals surface area contributed by atoms with Crippen LogP contribution in [0.3, 0.4) is 0 Å².